The number of carbonyl (C=O) groups excluding carboxylic acids is 1. The average Bonchev–Trinajstić information content (AvgIpc) is 2.00. The second kappa shape index (κ2) is 6.62. The molecule has 0 aliphatic carbocycles. The first-order valence-corrected chi connectivity index (χ1v) is 5.34. The van der Waals surface area contributed by atoms with E-state index in [1.165, 1.54) is 6.92 Å². The zero-order valence-electron chi connectivity index (χ0n) is 10.1. The summed E-state index contributed by atoms with van der Waals surface area (Å²) in [5, 5.41) is 9.42. The third-order valence-corrected chi connectivity index (χ3v) is 1.98. The molecular weight excluding hydrogens is 192 g/mol. The molecule has 0 saturated carbocycles. The van der Waals surface area contributed by atoms with Crippen molar-refractivity contribution >= 4 is 5.97 Å². The van der Waals surface area contributed by atoms with Crippen LogP contribution in [0.15, 0.2) is 12.2 Å². The van der Waals surface area contributed by atoms with Gasteiger partial charge in [-0.2, -0.15) is 0 Å². The highest BCUT2D eigenvalue weighted by Crippen LogP contribution is 2.11. The molecule has 0 fully saturated rings. The molecule has 3 nitrogen and oxygen atoms in total. The SMILES string of the molecule is CC(=O)OCC[C@H](C)C/C=C/C(C)(C)O. The lowest BCUT2D eigenvalue weighted by Gasteiger charge is -2.12. The third-order valence-electron chi connectivity index (χ3n) is 1.98. The number of carbonyl (C=O) groups is 1. The molecule has 0 aromatic heterocycles. The molecule has 0 aromatic carbocycles. The Morgan fingerprint density at radius 2 is 2.13 bits per heavy atom. The van der Waals surface area contributed by atoms with Crippen molar-refractivity contribution in [2.24, 2.45) is 5.92 Å². The van der Waals surface area contributed by atoms with E-state index in [2.05, 4.69) is 6.92 Å². The summed E-state index contributed by atoms with van der Waals surface area (Å²) in [7, 11) is 0. The zero-order chi connectivity index (χ0) is 11.9. The van der Waals surface area contributed by atoms with Gasteiger partial charge in [0.15, 0.2) is 0 Å². The van der Waals surface area contributed by atoms with Gasteiger partial charge in [0.05, 0.1) is 12.2 Å². The Kier molecular flexibility index (Phi) is 6.25. The molecule has 0 rings (SSSR count). The van der Waals surface area contributed by atoms with Crippen LogP contribution in [-0.4, -0.2) is 23.3 Å². The van der Waals surface area contributed by atoms with Crippen LogP contribution in [-0.2, 0) is 9.53 Å². The molecule has 0 saturated heterocycles. The Balaban J connectivity index is 3.62. The zero-order valence-corrected chi connectivity index (χ0v) is 10.1. The van der Waals surface area contributed by atoms with Crippen molar-refractivity contribution in [1.29, 1.82) is 0 Å². The van der Waals surface area contributed by atoms with Crippen LogP contribution in [0.2, 0.25) is 0 Å². The van der Waals surface area contributed by atoms with Crippen LogP contribution in [0, 0.1) is 5.92 Å². The minimum absolute atomic E-state index is 0.228. The van der Waals surface area contributed by atoms with E-state index in [1.807, 2.05) is 6.08 Å². The van der Waals surface area contributed by atoms with Crippen LogP contribution < -0.4 is 0 Å². The van der Waals surface area contributed by atoms with Gasteiger partial charge in [0.25, 0.3) is 0 Å². The number of hydrogen-bond acceptors (Lipinski definition) is 3. The van der Waals surface area contributed by atoms with Gasteiger partial charge < -0.3 is 9.84 Å². The topological polar surface area (TPSA) is 46.5 Å². The highest BCUT2D eigenvalue weighted by Gasteiger charge is 2.06. The van der Waals surface area contributed by atoms with Crippen LogP contribution >= 0.6 is 0 Å². The van der Waals surface area contributed by atoms with Gasteiger partial charge in [-0.15, -0.1) is 0 Å². The molecule has 15 heavy (non-hydrogen) atoms. The van der Waals surface area contributed by atoms with Gasteiger partial charge in [-0.3, -0.25) is 4.79 Å². The summed E-state index contributed by atoms with van der Waals surface area (Å²) in [6, 6.07) is 0. The van der Waals surface area contributed by atoms with Crippen molar-refractivity contribution in [2.45, 2.75) is 46.1 Å². The minimum Gasteiger partial charge on any atom is -0.466 e. The molecule has 1 N–H and O–H groups in total. The van der Waals surface area contributed by atoms with Crippen molar-refractivity contribution in [3.05, 3.63) is 12.2 Å². The van der Waals surface area contributed by atoms with E-state index in [0.717, 1.165) is 12.8 Å². The number of hydrogen-bond donors (Lipinski definition) is 1. The van der Waals surface area contributed by atoms with Gasteiger partial charge in [0, 0.05) is 6.92 Å². The predicted molar refractivity (Wildman–Crippen MR) is 60.5 cm³/mol. The van der Waals surface area contributed by atoms with E-state index in [9.17, 15) is 9.90 Å². The van der Waals surface area contributed by atoms with E-state index < -0.39 is 5.60 Å². The van der Waals surface area contributed by atoms with Crippen molar-refractivity contribution in [3.63, 3.8) is 0 Å². The van der Waals surface area contributed by atoms with Crippen molar-refractivity contribution in [3.8, 4) is 0 Å². The van der Waals surface area contributed by atoms with E-state index in [1.54, 1.807) is 19.9 Å². The van der Waals surface area contributed by atoms with Crippen molar-refractivity contribution < 1.29 is 14.6 Å². The van der Waals surface area contributed by atoms with E-state index in [-0.39, 0.29) is 5.97 Å². The molecule has 0 radical (unpaired) electrons. The molecule has 0 aliphatic rings. The van der Waals surface area contributed by atoms with Gasteiger partial charge >= 0.3 is 5.97 Å². The number of ether oxygens (including phenoxy) is 1. The van der Waals surface area contributed by atoms with E-state index in [4.69, 9.17) is 4.74 Å². The van der Waals surface area contributed by atoms with Gasteiger partial charge in [0.2, 0.25) is 0 Å². The summed E-state index contributed by atoms with van der Waals surface area (Å²) in [5.41, 5.74) is -0.740. The summed E-state index contributed by atoms with van der Waals surface area (Å²) in [6.45, 7) is 7.48. The van der Waals surface area contributed by atoms with Gasteiger partial charge in [-0.05, 0) is 32.6 Å². The molecule has 1 atom stereocenters. The molecule has 0 heterocycles. The van der Waals surface area contributed by atoms with Crippen LogP contribution in [0.3, 0.4) is 0 Å². The Hall–Kier alpha value is -0.830. The molecule has 0 bridgehead atoms. The fraction of sp³-hybridized carbons (Fsp3) is 0.750. The molecule has 3 heteroatoms. The second-order valence-corrected chi connectivity index (χ2v) is 4.53. The first-order chi connectivity index (χ1) is 6.81. The number of rotatable bonds is 6. The molecule has 0 unspecified atom stereocenters. The Morgan fingerprint density at radius 3 is 2.60 bits per heavy atom. The summed E-state index contributed by atoms with van der Waals surface area (Å²) in [4.78, 5) is 10.5. The number of aliphatic hydroxyl groups is 1. The number of esters is 1. The maximum absolute atomic E-state index is 10.5. The molecule has 0 aromatic rings. The summed E-state index contributed by atoms with van der Waals surface area (Å²) < 4.78 is 4.85. The van der Waals surface area contributed by atoms with Crippen LogP contribution in [0.25, 0.3) is 0 Å². The van der Waals surface area contributed by atoms with Crippen molar-refractivity contribution in [2.75, 3.05) is 6.61 Å². The number of allylic oxidation sites excluding steroid dienone is 1. The molecule has 0 aliphatic heterocycles. The second-order valence-electron chi connectivity index (χ2n) is 4.53. The summed E-state index contributed by atoms with van der Waals surface area (Å²) in [5.74, 6) is 0.234. The fourth-order valence-corrected chi connectivity index (χ4v) is 1.11. The van der Waals surface area contributed by atoms with E-state index >= 15 is 0 Å². The van der Waals surface area contributed by atoms with Crippen LogP contribution in [0.1, 0.15) is 40.5 Å². The molecule has 88 valence electrons. The minimum atomic E-state index is -0.740. The van der Waals surface area contributed by atoms with Crippen LogP contribution in [0.5, 0.6) is 0 Å². The quantitative estimate of drug-likeness (QED) is 0.545. The monoisotopic (exact) mass is 214 g/mol. The fourth-order valence-electron chi connectivity index (χ4n) is 1.11. The Morgan fingerprint density at radius 1 is 1.53 bits per heavy atom. The highest BCUT2D eigenvalue weighted by atomic mass is 16.5. The van der Waals surface area contributed by atoms with Gasteiger partial charge in [-0.25, -0.2) is 0 Å². The Labute approximate surface area is 92.1 Å². The smallest absolute Gasteiger partial charge is 0.302 e. The summed E-state index contributed by atoms with van der Waals surface area (Å²) >= 11 is 0. The third kappa shape index (κ3) is 11.1. The lowest BCUT2D eigenvalue weighted by atomic mass is 10.0. The lowest BCUT2D eigenvalue weighted by Crippen LogP contribution is -2.13. The first-order valence-electron chi connectivity index (χ1n) is 5.34. The summed E-state index contributed by atoms with van der Waals surface area (Å²) in [6.07, 6.45) is 5.51. The molecular formula is C12H22O3. The first kappa shape index (κ1) is 14.2. The maximum atomic E-state index is 10.5. The normalized spacial score (nSPS) is 14.2. The van der Waals surface area contributed by atoms with Crippen LogP contribution in [0.4, 0.5) is 0 Å². The van der Waals surface area contributed by atoms with Gasteiger partial charge in [-0.1, -0.05) is 19.1 Å². The maximum Gasteiger partial charge on any atom is 0.302 e. The standard InChI is InChI=1S/C12H22O3/c1-10(7-9-15-11(2)13)6-5-8-12(3,4)14/h5,8,10,14H,6-7,9H2,1-4H3/b8-5+/t10-/m1/s1. The Bertz CT molecular complexity index is 213. The van der Waals surface area contributed by atoms with Gasteiger partial charge in [0.1, 0.15) is 0 Å². The molecule has 0 spiro atoms. The lowest BCUT2D eigenvalue weighted by molar-refractivity contribution is -0.141. The molecule has 0 amide bonds. The average molecular weight is 214 g/mol. The largest absolute Gasteiger partial charge is 0.466 e. The predicted octanol–water partition coefficient (Wildman–Crippen LogP) is 2.29. The van der Waals surface area contributed by atoms with E-state index in [0.29, 0.717) is 12.5 Å². The van der Waals surface area contributed by atoms with Crippen molar-refractivity contribution in [1.82, 2.24) is 0 Å². The highest BCUT2D eigenvalue weighted by molar-refractivity contribution is 5.65.